The molecule has 6 heteroatoms. The molecule has 0 aromatic rings. The van der Waals surface area contributed by atoms with Crippen LogP contribution >= 0.6 is 11.8 Å². The number of hydrogen-bond acceptors (Lipinski definition) is 5. The van der Waals surface area contributed by atoms with Crippen LogP contribution in [0.4, 0.5) is 4.79 Å². The molecule has 1 atom stereocenters. The lowest BCUT2D eigenvalue weighted by Gasteiger charge is -2.28. The first kappa shape index (κ1) is 39.1. The van der Waals surface area contributed by atoms with Gasteiger partial charge >= 0.3 is 6.09 Å². The van der Waals surface area contributed by atoms with Crippen molar-refractivity contribution in [1.82, 2.24) is 9.80 Å². The number of amides is 1. The smallest absolute Gasteiger partial charge is 0.409 e. The molecular formula is C36H70N2O3S. The van der Waals surface area contributed by atoms with Crippen molar-refractivity contribution in [2.24, 2.45) is 5.41 Å². The fourth-order valence-corrected chi connectivity index (χ4v) is 6.15. The number of carbonyl (C=O) groups is 1. The monoisotopic (exact) mass is 611 g/mol. The fourth-order valence-electron chi connectivity index (χ4n) is 5.40. The van der Waals surface area contributed by atoms with Crippen molar-refractivity contribution in [3.63, 3.8) is 0 Å². The highest BCUT2D eigenvalue weighted by atomic mass is 32.2. The molecule has 0 radical (unpaired) electrons. The Hall–Kier alpha value is -0.880. The third kappa shape index (κ3) is 22.6. The number of nitrogens with zero attached hydrogens (tertiary/aromatic N) is 2. The van der Waals surface area contributed by atoms with Crippen LogP contribution < -0.4 is 0 Å². The van der Waals surface area contributed by atoms with Gasteiger partial charge in [-0.25, -0.2) is 4.79 Å². The largest absolute Gasteiger partial charge is 0.449 e. The summed E-state index contributed by atoms with van der Waals surface area (Å²) in [5, 5.41) is 2.18. The van der Waals surface area contributed by atoms with Crippen molar-refractivity contribution in [2.45, 2.75) is 162 Å². The molecule has 42 heavy (non-hydrogen) atoms. The summed E-state index contributed by atoms with van der Waals surface area (Å²) in [6.45, 7) is 10.5. The highest BCUT2D eigenvalue weighted by Crippen LogP contribution is 2.23. The molecule has 1 unspecified atom stereocenters. The van der Waals surface area contributed by atoms with Gasteiger partial charge in [0, 0.05) is 38.4 Å². The van der Waals surface area contributed by atoms with Crippen molar-refractivity contribution in [2.75, 3.05) is 45.8 Å². The molecule has 0 bridgehead atoms. The van der Waals surface area contributed by atoms with Crippen LogP contribution in [0.1, 0.15) is 162 Å². The second kappa shape index (κ2) is 27.7. The molecule has 0 aromatic heterocycles. The van der Waals surface area contributed by atoms with E-state index in [0.29, 0.717) is 13.2 Å². The summed E-state index contributed by atoms with van der Waals surface area (Å²) < 4.78 is 11.7. The van der Waals surface area contributed by atoms with Crippen molar-refractivity contribution < 1.29 is 14.3 Å². The van der Waals surface area contributed by atoms with Crippen molar-refractivity contribution in [3.05, 3.63) is 11.6 Å². The second-order valence-electron chi connectivity index (χ2n) is 13.2. The highest BCUT2D eigenvalue weighted by molar-refractivity contribution is 8.02. The Kier molecular flexibility index (Phi) is 25.8. The predicted octanol–water partition coefficient (Wildman–Crippen LogP) is 11.2. The zero-order valence-corrected chi connectivity index (χ0v) is 29.3. The standard InChI is InChI=1S/C36H70N2O3S/c1-5-7-8-9-10-11-12-13-14-15-16-17-18-19-21-24-27-37(4)35(39)41-33-36(3,6-2)32-40-30-26-23-20-22-25-28-38-29-31-42-34-38/h29,31H,5-28,30,32-34H2,1-4H3. The summed E-state index contributed by atoms with van der Waals surface area (Å²) in [6.07, 6.45) is 31.0. The maximum Gasteiger partial charge on any atom is 0.409 e. The topological polar surface area (TPSA) is 42.0 Å². The van der Waals surface area contributed by atoms with Gasteiger partial charge in [0.05, 0.1) is 12.5 Å². The Morgan fingerprint density at radius 3 is 1.81 bits per heavy atom. The number of unbranched alkanes of at least 4 members (excludes halogenated alkanes) is 19. The van der Waals surface area contributed by atoms with E-state index in [2.05, 4.69) is 37.3 Å². The first-order valence-electron chi connectivity index (χ1n) is 18.0. The minimum Gasteiger partial charge on any atom is -0.449 e. The molecule has 0 saturated heterocycles. The minimum atomic E-state index is -0.196. The van der Waals surface area contributed by atoms with E-state index in [1.807, 2.05) is 18.8 Å². The quantitative estimate of drug-likeness (QED) is 0.0757. The highest BCUT2D eigenvalue weighted by Gasteiger charge is 2.25. The molecular weight excluding hydrogens is 540 g/mol. The summed E-state index contributed by atoms with van der Waals surface area (Å²) in [5.74, 6) is 1.12. The van der Waals surface area contributed by atoms with Crippen LogP contribution in [-0.4, -0.2) is 61.7 Å². The van der Waals surface area contributed by atoms with Gasteiger partial charge in [-0.05, 0) is 31.1 Å². The maximum atomic E-state index is 12.5. The van der Waals surface area contributed by atoms with Crippen LogP contribution in [0.15, 0.2) is 11.6 Å². The molecule has 1 aliphatic heterocycles. The fraction of sp³-hybridized carbons (Fsp3) is 0.917. The average Bonchev–Trinajstić information content (AvgIpc) is 3.52. The minimum absolute atomic E-state index is 0.119. The summed E-state index contributed by atoms with van der Waals surface area (Å²) in [5.41, 5.74) is -0.119. The molecule has 5 nitrogen and oxygen atoms in total. The summed E-state index contributed by atoms with van der Waals surface area (Å²) in [4.78, 5) is 16.7. The molecule has 1 aliphatic rings. The van der Waals surface area contributed by atoms with Gasteiger partial charge in [0.1, 0.15) is 6.61 Å². The Morgan fingerprint density at radius 2 is 1.29 bits per heavy atom. The Labute approximate surface area is 266 Å². The van der Waals surface area contributed by atoms with Crippen LogP contribution in [0.25, 0.3) is 0 Å². The molecule has 0 aromatic carbocycles. The lowest BCUT2D eigenvalue weighted by atomic mass is 9.90. The van der Waals surface area contributed by atoms with Gasteiger partial charge in [-0.2, -0.15) is 0 Å². The van der Waals surface area contributed by atoms with Gasteiger partial charge in [0.2, 0.25) is 0 Å². The van der Waals surface area contributed by atoms with Crippen LogP contribution in [0, 0.1) is 5.41 Å². The maximum absolute atomic E-state index is 12.5. The van der Waals surface area contributed by atoms with Crippen LogP contribution in [-0.2, 0) is 9.47 Å². The molecule has 1 rings (SSSR count). The van der Waals surface area contributed by atoms with E-state index in [1.165, 1.54) is 129 Å². The Bertz CT molecular complexity index is 647. The number of hydrogen-bond donors (Lipinski definition) is 0. The molecule has 0 fully saturated rings. The number of thioether (sulfide) groups is 1. The Morgan fingerprint density at radius 1 is 0.762 bits per heavy atom. The van der Waals surface area contributed by atoms with E-state index < -0.39 is 0 Å². The second-order valence-corrected chi connectivity index (χ2v) is 14.0. The summed E-state index contributed by atoms with van der Waals surface area (Å²) in [6, 6.07) is 0. The van der Waals surface area contributed by atoms with E-state index >= 15 is 0 Å². The van der Waals surface area contributed by atoms with Gasteiger partial charge in [-0.15, -0.1) is 11.8 Å². The van der Waals surface area contributed by atoms with Gasteiger partial charge < -0.3 is 19.3 Å². The SMILES string of the molecule is CCCCCCCCCCCCCCCCCCN(C)C(=O)OCC(C)(CC)COCCCCCCCN1C=CSC1. The predicted molar refractivity (Wildman–Crippen MR) is 184 cm³/mol. The average molecular weight is 611 g/mol. The van der Waals surface area contributed by atoms with Crippen LogP contribution in [0.5, 0.6) is 0 Å². The van der Waals surface area contributed by atoms with Crippen molar-refractivity contribution >= 4 is 17.9 Å². The third-order valence-corrected chi connectivity index (χ3v) is 9.64. The molecule has 0 N–H and O–H groups in total. The summed E-state index contributed by atoms with van der Waals surface area (Å²) in [7, 11) is 1.87. The van der Waals surface area contributed by atoms with E-state index in [4.69, 9.17) is 9.47 Å². The van der Waals surface area contributed by atoms with Crippen LogP contribution in [0.3, 0.4) is 0 Å². The van der Waals surface area contributed by atoms with Gasteiger partial charge in [0.25, 0.3) is 0 Å². The number of rotatable bonds is 30. The van der Waals surface area contributed by atoms with E-state index in [1.54, 1.807) is 4.90 Å². The van der Waals surface area contributed by atoms with Gasteiger partial charge in [-0.1, -0.05) is 136 Å². The van der Waals surface area contributed by atoms with Gasteiger partial charge in [0.15, 0.2) is 0 Å². The summed E-state index contributed by atoms with van der Waals surface area (Å²) >= 11 is 1.88. The molecule has 1 amide bonds. The van der Waals surface area contributed by atoms with E-state index in [-0.39, 0.29) is 11.5 Å². The lowest BCUT2D eigenvalue weighted by molar-refractivity contribution is -0.000597. The van der Waals surface area contributed by atoms with Crippen LogP contribution in [0.2, 0.25) is 0 Å². The molecule has 0 aliphatic carbocycles. The van der Waals surface area contributed by atoms with Gasteiger partial charge in [-0.3, -0.25) is 0 Å². The lowest BCUT2D eigenvalue weighted by Crippen LogP contribution is -2.34. The molecule has 248 valence electrons. The number of carbonyl (C=O) groups excluding carboxylic acids is 1. The van der Waals surface area contributed by atoms with Crippen molar-refractivity contribution in [1.29, 1.82) is 0 Å². The zero-order chi connectivity index (χ0) is 30.6. The van der Waals surface area contributed by atoms with E-state index in [0.717, 1.165) is 38.3 Å². The zero-order valence-electron chi connectivity index (χ0n) is 28.5. The normalized spacial score (nSPS) is 14.4. The number of ether oxygens (including phenoxy) is 2. The first-order chi connectivity index (χ1) is 20.5. The molecule has 0 saturated carbocycles. The van der Waals surface area contributed by atoms with E-state index in [9.17, 15) is 4.79 Å². The third-order valence-electron chi connectivity index (χ3n) is 8.85. The first-order valence-corrected chi connectivity index (χ1v) is 19.0. The molecule has 1 heterocycles. The molecule has 0 spiro atoms. The van der Waals surface area contributed by atoms with Crippen molar-refractivity contribution in [3.8, 4) is 0 Å². The Balaban J connectivity index is 1.92.